The van der Waals surface area contributed by atoms with E-state index in [1.807, 2.05) is 18.9 Å². The molecule has 0 N–H and O–H groups in total. The summed E-state index contributed by atoms with van der Waals surface area (Å²) in [6.45, 7) is 4.88. The predicted molar refractivity (Wildman–Crippen MR) is 72.8 cm³/mol. The van der Waals surface area contributed by atoms with E-state index in [0.717, 1.165) is 26.2 Å². The molecule has 1 aromatic heterocycles. The molecule has 106 valence electrons. The zero-order valence-corrected chi connectivity index (χ0v) is 12.1. The minimum Gasteiger partial charge on any atom is -0.464 e. The Labute approximate surface area is 118 Å². The SMILES string of the molecule is CCOc1nc(Cl)nc(N(C)CC2CCCOC2)n1. The highest BCUT2D eigenvalue weighted by molar-refractivity contribution is 6.28. The highest BCUT2D eigenvalue weighted by Crippen LogP contribution is 2.19. The van der Waals surface area contributed by atoms with Crippen LogP contribution in [0.5, 0.6) is 6.01 Å². The quantitative estimate of drug-likeness (QED) is 0.822. The number of halogens is 1. The fraction of sp³-hybridized carbons (Fsp3) is 0.750. The van der Waals surface area contributed by atoms with E-state index in [-0.39, 0.29) is 11.3 Å². The molecule has 7 heteroatoms. The first-order valence-electron chi connectivity index (χ1n) is 6.52. The Hall–Kier alpha value is -1.14. The van der Waals surface area contributed by atoms with Crippen LogP contribution in [0.25, 0.3) is 0 Å². The smallest absolute Gasteiger partial charge is 0.322 e. The lowest BCUT2D eigenvalue weighted by molar-refractivity contribution is 0.0575. The van der Waals surface area contributed by atoms with Gasteiger partial charge in [0.25, 0.3) is 0 Å². The molecular formula is C12H19ClN4O2. The van der Waals surface area contributed by atoms with Crippen molar-refractivity contribution in [2.75, 3.05) is 38.3 Å². The first-order chi connectivity index (χ1) is 9.19. The van der Waals surface area contributed by atoms with Gasteiger partial charge in [-0.25, -0.2) is 0 Å². The molecular weight excluding hydrogens is 268 g/mol. The van der Waals surface area contributed by atoms with Gasteiger partial charge in [0, 0.05) is 20.2 Å². The number of aromatic nitrogens is 3. The van der Waals surface area contributed by atoms with Crippen molar-refractivity contribution in [3.63, 3.8) is 0 Å². The van der Waals surface area contributed by atoms with E-state index in [1.165, 1.54) is 6.42 Å². The van der Waals surface area contributed by atoms with Crippen molar-refractivity contribution < 1.29 is 9.47 Å². The first kappa shape index (κ1) is 14.3. The molecule has 1 atom stereocenters. The predicted octanol–water partition coefficient (Wildman–Crippen LogP) is 1.79. The molecule has 1 aromatic rings. The summed E-state index contributed by atoms with van der Waals surface area (Å²) in [6.07, 6.45) is 2.28. The summed E-state index contributed by atoms with van der Waals surface area (Å²) < 4.78 is 10.7. The van der Waals surface area contributed by atoms with Gasteiger partial charge in [0.1, 0.15) is 0 Å². The average Bonchev–Trinajstić information content (AvgIpc) is 2.39. The molecule has 1 aliphatic rings. The van der Waals surface area contributed by atoms with Crippen LogP contribution in [0.2, 0.25) is 5.28 Å². The molecule has 1 unspecified atom stereocenters. The summed E-state index contributed by atoms with van der Waals surface area (Å²) in [6, 6.07) is 0.268. The molecule has 2 rings (SSSR count). The maximum Gasteiger partial charge on any atom is 0.322 e. The number of hydrogen-bond acceptors (Lipinski definition) is 6. The van der Waals surface area contributed by atoms with Gasteiger partial charge in [-0.15, -0.1) is 0 Å². The van der Waals surface area contributed by atoms with Gasteiger partial charge in [-0.2, -0.15) is 15.0 Å². The molecule has 0 aromatic carbocycles. The Balaban J connectivity index is 2.02. The zero-order valence-electron chi connectivity index (χ0n) is 11.3. The maximum absolute atomic E-state index is 5.88. The van der Waals surface area contributed by atoms with Crippen LogP contribution in [0.1, 0.15) is 19.8 Å². The van der Waals surface area contributed by atoms with E-state index in [0.29, 0.717) is 18.5 Å². The van der Waals surface area contributed by atoms with E-state index in [2.05, 4.69) is 15.0 Å². The second kappa shape index (κ2) is 6.86. The van der Waals surface area contributed by atoms with Crippen LogP contribution in [0.4, 0.5) is 5.95 Å². The molecule has 6 nitrogen and oxygen atoms in total. The molecule has 2 heterocycles. The van der Waals surface area contributed by atoms with Crippen molar-refractivity contribution in [1.82, 2.24) is 15.0 Å². The molecule has 0 spiro atoms. The lowest BCUT2D eigenvalue weighted by atomic mass is 10.0. The van der Waals surface area contributed by atoms with Gasteiger partial charge in [0.15, 0.2) is 0 Å². The second-order valence-corrected chi connectivity index (χ2v) is 4.92. The van der Waals surface area contributed by atoms with Gasteiger partial charge in [-0.1, -0.05) is 0 Å². The van der Waals surface area contributed by atoms with E-state index >= 15 is 0 Å². The molecule has 0 amide bonds. The third-order valence-corrected chi connectivity index (χ3v) is 3.15. The normalized spacial score (nSPS) is 19.2. The third kappa shape index (κ3) is 4.18. The van der Waals surface area contributed by atoms with Crippen LogP contribution >= 0.6 is 11.6 Å². The Kier molecular flexibility index (Phi) is 5.15. The van der Waals surface area contributed by atoms with E-state index in [9.17, 15) is 0 Å². The number of anilines is 1. The zero-order chi connectivity index (χ0) is 13.7. The van der Waals surface area contributed by atoms with Gasteiger partial charge in [-0.3, -0.25) is 0 Å². The molecule has 0 bridgehead atoms. The van der Waals surface area contributed by atoms with Crippen LogP contribution in [0.3, 0.4) is 0 Å². The topological polar surface area (TPSA) is 60.4 Å². The molecule has 0 radical (unpaired) electrons. The van der Waals surface area contributed by atoms with Crippen molar-refractivity contribution >= 4 is 17.5 Å². The van der Waals surface area contributed by atoms with Crippen LogP contribution in [-0.2, 0) is 4.74 Å². The van der Waals surface area contributed by atoms with Gasteiger partial charge < -0.3 is 14.4 Å². The Morgan fingerprint density at radius 1 is 1.42 bits per heavy atom. The maximum atomic E-state index is 5.88. The summed E-state index contributed by atoms with van der Waals surface area (Å²) in [4.78, 5) is 14.3. The van der Waals surface area contributed by atoms with Crippen LogP contribution in [0.15, 0.2) is 0 Å². The van der Waals surface area contributed by atoms with E-state index in [1.54, 1.807) is 0 Å². The number of hydrogen-bond donors (Lipinski definition) is 0. The van der Waals surface area contributed by atoms with Crippen molar-refractivity contribution in [3.8, 4) is 6.01 Å². The second-order valence-electron chi connectivity index (χ2n) is 4.58. The average molecular weight is 287 g/mol. The van der Waals surface area contributed by atoms with Gasteiger partial charge >= 0.3 is 6.01 Å². The van der Waals surface area contributed by atoms with Crippen LogP contribution in [0, 0.1) is 5.92 Å². The number of ether oxygens (including phenoxy) is 2. The van der Waals surface area contributed by atoms with Gasteiger partial charge in [-0.05, 0) is 37.3 Å². The lowest BCUT2D eigenvalue weighted by Gasteiger charge is -2.27. The summed E-state index contributed by atoms with van der Waals surface area (Å²) >= 11 is 5.88. The highest BCUT2D eigenvalue weighted by Gasteiger charge is 2.18. The Morgan fingerprint density at radius 2 is 2.26 bits per heavy atom. The van der Waals surface area contributed by atoms with E-state index < -0.39 is 0 Å². The molecule has 1 fully saturated rings. The van der Waals surface area contributed by atoms with E-state index in [4.69, 9.17) is 21.1 Å². The fourth-order valence-electron chi connectivity index (χ4n) is 2.11. The highest BCUT2D eigenvalue weighted by atomic mass is 35.5. The molecule has 19 heavy (non-hydrogen) atoms. The van der Waals surface area contributed by atoms with Crippen LogP contribution in [-0.4, -0.2) is 48.4 Å². The summed E-state index contributed by atoms with van der Waals surface area (Å²) in [7, 11) is 1.94. The van der Waals surface area contributed by atoms with Gasteiger partial charge in [0.05, 0.1) is 13.2 Å². The molecule has 1 saturated heterocycles. The first-order valence-corrected chi connectivity index (χ1v) is 6.90. The molecule has 0 aliphatic carbocycles. The van der Waals surface area contributed by atoms with Crippen molar-refractivity contribution in [2.24, 2.45) is 5.92 Å². The van der Waals surface area contributed by atoms with Crippen LogP contribution < -0.4 is 9.64 Å². The fourth-order valence-corrected chi connectivity index (χ4v) is 2.25. The lowest BCUT2D eigenvalue weighted by Crippen LogP contribution is -2.32. The summed E-state index contributed by atoms with van der Waals surface area (Å²) in [5.41, 5.74) is 0. The monoisotopic (exact) mass is 286 g/mol. The summed E-state index contributed by atoms with van der Waals surface area (Å²) in [5.74, 6) is 1.04. The van der Waals surface area contributed by atoms with Gasteiger partial charge in [0.2, 0.25) is 11.2 Å². The third-order valence-electron chi connectivity index (χ3n) is 2.98. The van der Waals surface area contributed by atoms with Crippen molar-refractivity contribution in [2.45, 2.75) is 19.8 Å². The largest absolute Gasteiger partial charge is 0.464 e. The molecule has 1 aliphatic heterocycles. The Bertz CT molecular complexity index is 413. The van der Waals surface area contributed by atoms with Crippen molar-refractivity contribution in [1.29, 1.82) is 0 Å². The van der Waals surface area contributed by atoms with Crippen molar-refractivity contribution in [3.05, 3.63) is 5.28 Å². The minimum atomic E-state index is 0.153. The minimum absolute atomic E-state index is 0.153. The Morgan fingerprint density at radius 3 is 2.95 bits per heavy atom. The standard InChI is InChI=1S/C12H19ClN4O2/c1-3-19-12-15-10(13)14-11(16-12)17(2)7-9-5-4-6-18-8-9/h9H,3-8H2,1-2H3. The number of rotatable bonds is 5. The molecule has 0 saturated carbocycles. The number of nitrogens with zero attached hydrogens (tertiary/aromatic N) is 4. The summed E-state index contributed by atoms with van der Waals surface area (Å²) in [5, 5.41) is 0.153.